The molecule has 0 spiro atoms. The highest BCUT2D eigenvalue weighted by Gasteiger charge is 2.23. The molecule has 222 valence electrons. The fourth-order valence-corrected chi connectivity index (χ4v) is 6.43. The van der Waals surface area contributed by atoms with Crippen molar-refractivity contribution in [1.82, 2.24) is 15.3 Å². The van der Waals surface area contributed by atoms with Crippen LogP contribution in [0.2, 0.25) is 0 Å². The Bertz CT molecular complexity index is 2200. The number of nitrogen functional groups attached to an aromatic ring is 2. The number of nitrogens with two attached hydrogens (primary N) is 2. The zero-order chi connectivity index (χ0) is 30.8. The topological polar surface area (TPSA) is 106 Å². The summed E-state index contributed by atoms with van der Waals surface area (Å²) < 4.78 is 2.41. The quantitative estimate of drug-likeness (QED) is 0.0469. The van der Waals surface area contributed by atoms with Gasteiger partial charge in [0.15, 0.2) is 5.11 Å². The number of nitrogens with zero attached hydrogens (tertiary/aromatic N) is 3. The number of hydrogen-bond acceptors (Lipinski definition) is 5. The van der Waals surface area contributed by atoms with Crippen LogP contribution in [0.1, 0.15) is 19.3 Å². The molecule has 8 heteroatoms. The van der Waals surface area contributed by atoms with Gasteiger partial charge in [0, 0.05) is 64.5 Å². The number of thiocarbonyl (C=S) groups is 1. The Morgan fingerprint density at radius 1 is 0.689 bits per heavy atom. The molecule has 0 fully saturated rings. The lowest BCUT2D eigenvalue weighted by Gasteiger charge is -2.14. The summed E-state index contributed by atoms with van der Waals surface area (Å²) in [5, 5.41) is 12.9. The Balaban J connectivity index is 1.07. The Morgan fingerprint density at radius 3 is 2.29 bits per heavy atom. The minimum Gasteiger partial charge on any atom is -0.399 e. The van der Waals surface area contributed by atoms with Gasteiger partial charge >= 0.3 is 0 Å². The van der Waals surface area contributed by atoms with Crippen LogP contribution in [0.15, 0.2) is 109 Å². The van der Waals surface area contributed by atoms with Crippen LogP contribution >= 0.6 is 12.2 Å². The summed E-state index contributed by atoms with van der Waals surface area (Å²) in [6.07, 6.45) is 6.60. The summed E-state index contributed by atoms with van der Waals surface area (Å²) in [5.74, 6) is 0. The van der Waals surface area contributed by atoms with Crippen LogP contribution in [0.4, 0.5) is 17.1 Å². The van der Waals surface area contributed by atoms with E-state index in [0.717, 1.165) is 93.4 Å². The largest absolute Gasteiger partial charge is 0.399 e. The maximum atomic E-state index is 6.32. The zero-order valence-corrected chi connectivity index (χ0v) is 25.6. The van der Waals surface area contributed by atoms with E-state index in [1.807, 2.05) is 42.5 Å². The molecule has 7 nitrogen and oxygen atoms in total. The van der Waals surface area contributed by atoms with Crippen molar-refractivity contribution in [3.63, 3.8) is 0 Å². The van der Waals surface area contributed by atoms with E-state index in [4.69, 9.17) is 23.7 Å². The average molecular weight is 609 g/mol. The van der Waals surface area contributed by atoms with E-state index in [1.54, 1.807) is 12.4 Å². The van der Waals surface area contributed by atoms with Crippen LogP contribution in [0.25, 0.3) is 54.7 Å². The molecule has 3 aromatic heterocycles. The highest BCUT2D eigenvalue weighted by Crippen LogP contribution is 2.34. The third kappa shape index (κ3) is 5.68. The van der Waals surface area contributed by atoms with Gasteiger partial charge in [-0.3, -0.25) is 9.97 Å². The molecule has 4 aromatic carbocycles. The molecule has 0 unspecified atom stereocenters. The van der Waals surface area contributed by atoms with E-state index in [9.17, 15) is 0 Å². The highest BCUT2D eigenvalue weighted by atomic mass is 32.1. The molecule has 0 saturated heterocycles. The van der Waals surface area contributed by atoms with Crippen LogP contribution in [0.3, 0.4) is 0 Å². The molecule has 0 amide bonds. The SMILES string of the molecule is Nc1ccc2c(c1)c(-c1ccccc1)[n+](CCCCCNC(=S)Nc1cc3cccnc3c3ncccc13)c1cc(N)ccc21. The molecule has 0 radical (unpaired) electrons. The van der Waals surface area contributed by atoms with Crippen LogP contribution in [-0.2, 0) is 6.54 Å². The fourth-order valence-electron chi connectivity index (χ4n) is 6.22. The van der Waals surface area contributed by atoms with Gasteiger partial charge in [0.25, 0.3) is 0 Å². The fraction of sp³-hybridized carbons (Fsp3) is 0.135. The van der Waals surface area contributed by atoms with Gasteiger partial charge in [-0.1, -0.05) is 30.3 Å². The van der Waals surface area contributed by atoms with E-state index in [-0.39, 0.29) is 0 Å². The van der Waals surface area contributed by atoms with Gasteiger partial charge in [-0.05, 0) is 85.7 Å². The predicted octanol–water partition coefficient (Wildman–Crippen LogP) is 7.37. The van der Waals surface area contributed by atoms with Gasteiger partial charge in [-0.25, -0.2) is 0 Å². The Hall–Kier alpha value is -5.34. The molecule has 0 aliphatic rings. The Labute approximate surface area is 266 Å². The maximum Gasteiger partial charge on any atom is 0.220 e. The average Bonchev–Trinajstić information content (AvgIpc) is 3.06. The molecule has 7 rings (SSSR count). The standard InChI is InChI=1S/C37H33N7S/c38-26-13-15-28-29-16-14-27(39)23-33(29)44(36(31(28)22-26)24-9-3-1-4-10-24)20-6-2-5-17-42-37(45)43-32-21-25-11-7-18-40-34(25)35-30(32)12-8-19-41-35/h1,3-4,7-16,18-19,21-23,39H,2,5-6,17,20,38H2,(H2,41,42,43,45)/p+1. The van der Waals surface area contributed by atoms with Gasteiger partial charge < -0.3 is 22.1 Å². The minimum atomic E-state index is 0.595. The molecule has 0 bridgehead atoms. The van der Waals surface area contributed by atoms with Crippen LogP contribution in [0.5, 0.6) is 0 Å². The predicted molar refractivity (Wildman–Crippen MR) is 191 cm³/mol. The van der Waals surface area contributed by atoms with E-state index < -0.39 is 0 Å². The number of hydrogen-bond donors (Lipinski definition) is 4. The first kappa shape index (κ1) is 28.4. The van der Waals surface area contributed by atoms with E-state index in [1.165, 1.54) is 10.8 Å². The molecule has 6 N–H and O–H groups in total. The van der Waals surface area contributed by atoms with Crippen LogP contribution in [-0.4, -0.2) is 21.6 Å². The smallest absolute Gasteiger partial charge is 0.220 e. The Morgan fingerprint density at radius 2 is 1.44 bits per heavy atom. The van der Waals surface area contributed by atoms with E-state index >= 15 is 0 Å². The molecule has 3 heterocycles. The number of pyridine rings is 3. The van der Waals surface area contributed by atoms with Gasteiger partial charge in [0.05, 0.1) is 27.5 Å². The van der Waals surface area contributed by atoms with Gasteiger partial charge in [-0.2, -0.15) is 4.57 Å². The molecule has 0 aliphatic heterocycles. The van der Waals surface area contributed by atoms with Crippen LogP contribution in [0, 0.1) is 0 Å². The Kier molecular flexibility index (Phi) is 7.80. The monoisotopic (exact) mass is 608 g/mol. The first-order valence-corrected chi connectivity index (χ1v) is 15.6. The second kappa shape index (κ2) is 12.3. The van der Waals surface area contributed by atoms with Gasteiger partial charge in [0.1, 0.15) is 6.54 Å². The summed E-state index contributed by atoms with van der Waals surface area (Å²) in [6.45, 7) is 1.62. The van der Waals surface area contributed by atoms with E-state index in [2.05, 4.69) is 79.8 Å². The number of unbranched alkanes of at least 4 members (excludes halogenated alkanes) is 2. The first-order chi connectivity index (χ1) is 22.1. The molecular formula is C37H34N7S+. The van der Waals surface area contributed by atoms with Crippen molar-refractivity contribution in [2.24, 2.45) is 0 Å². The summed E-state index contributed by atoms with van der Waals surface area (Å²) in [5.41, 5.74) is 20.2. The minimum absolute atomic E-state index is 0.595. The van der Waals surface area contributed by atoms with Crippen molar-refractivity contribution in [3.8, 4) is 11.3 Å². The van der Waals surface area contributed by atoms with Gasteiger partial charge in [-0.15, -0.1) is 0 Å². The normalized spacial score (nSPS) is 11.4. The lowest BCUT2D eigenvalue weighted by molar-refractivity contribution is -0.659. The maximum absolute atomic E-state index is 6.32. The number of aryl methyl sites for hydroxylation is 1. The molecular weight excluding hydrogens is 575 g/mol. The number of benzene rings is 4. The number of nitrogens with one attached hydrogen (secondary N) is 2. The van der Waals surface area contributed by atoms with Gasteiger partial charge in [0.2, 0.25) is 11.2 Å². The van der Waals surface area contributed by atoms with Crippen molar-refractivity contribution in [2.75, 3.05) is 23.3 Å². The second-order valence-electron chi connectivity index (χ2n) is 11.3. The zero-order valence-electron chi connectivity index (χ0n) is 24.8. The number of aromatic nitrogens is 3. The molecule has 0 aliphatic carbocycles. The van der Waals surface area contributed by atoms with Crippen molar-refractivity contribution >= 4 is 77.9 Å². The number of fused-ring (bicyclic) bond motifs is 6. The summed E-state index contributed by atoms with van der Waals surface area (Å²) >= 11 is 5.68. The molecule has 0 saturated carbocycles. The lowest BCUT2D eigenvalue weighted by atomic mass is 9.98. The van der Waals surface area contributed by atoms with Crippen molar-refractivity contribution < 1.29 is 4.57 Å². The second-order valence-corrected chi connectivity index (χ2v) is 11.7. The summed E-state index contributed by atoms with van der Waals surface area (Å²) in [6, 6.07) is 32.9. The number of anilines is 3. The molecule has 45 heavy (non-hydrogen) atoms. The summed E-state index contributed by atoms with van der Waals surface area (Å²) in [4.78, 5) is 9.13. The third-order valence-electron chi connectivity index (χ3n) is 8.27. The number of rotatable bonds is 8. The van der Waals surface area contributed by atoms with E-state index in [0.29, 0.717) is 5.11 Å². The first-order valence-electron chi connectivity index (χ1n) is 15.2. The lowest BCUT2D eigenvalue weighted by Crippen LogP contribution is -2.38. The highest BCUT2D eigenvalue weighted by molar-refractivity contribution is 7.80. The molecule has 7 aromatic rings. The third-order valence-corrected chi connectivity index (χ3v) is 8.52. The molecule has 0 atom stereocenters. The van der Waals surface area contributed by atoms with Crippen molar-refractivity contribution in [2.45, 2.75) is 25.8 Å². The van der Waals surface area contributed by atoms with Crippen LogP contribution < -0.4 is 26.7 Å². The van der Waals surface area contributed by atoms with Crippen molar-refractivity contribution in [1.29, 1.82) is 0 Å². The van der Waals surface area contributed by atoms with Crippen molar-refractivity contribution in [3.05, 3.63) is 109 Å². The summed E-state index contributed by atoms with van der Waals surface area (Å²) in [7, 11) is 0.